The van der Waals surface area contributed by atoms with Crippen LogP contribution in [0.25, 0.3) is 0 Å². The highest BCUT2D eigenvalue weighted by Crippen LogP contribution is 2.44. The summed E-state index contributed by atoms with van der Waals surface area (Å²) >= 11 is 0. The molecule has 1 N–H and O–H groups in total. The van der Waals surface area contributed by atoms with Crippen LogP contribution in [0, 0.1) is 5.92 Å². The van der Waals surface area contributed by atoms with E-state index < -0.39 is 0 Å². The molecule has 108 valence electrons. The highest BCUT2D eigenvalue weighted by molar-refractivity contribution is 5.43. The van der Waals surface area contributed by atoms with Gasteiger partial charge in [-0.15, -0.1) is 0 Å². The molecule has 1 aliphatic heterocycles. The number of likely N-dealkylation sites (N-methyl/N-ethyl adjacent to an activating group) is 1. The number of rotatable bonds is 3. The second-order valence-electron chi connectivity index (χ2n) is 6.63. The van der Waals surface area contributed by atoms with Gasteiger partial charge in [0.1, 0.15) is 5.75 Å². The maximum absolute atomic E-state index is 5.40. The van der Waals surface area contributed by atoms with E-state index in [2.05, 4.69) is 35.5 Å². The van der Waals surface area contributed by atoms with Crippen LogP contribution < -0.4 is 10.1 Å². The Hall–Kier alpha value is -1.06. The summed E-state index contributed by atoms with van der Waals surface area (Å²) in [7, 11) is 3.85. The van der Waals surface area contributed by atoms with Gasteiger partial charge in [-0.2, -0.15) is 0 Å². The van der Waals surface area contributed by atoms with Crippen molar-refractivity contribution < 1.29 is 4.74 Å². The van der Waals surface area contributed by atoms with E-state index in [1.54, 1.807) is 7.11 Å². The Morgan fingerprint density at radius 3 is 2.85 bits per heavy atom. The summed E-state index contributed by atoms with van der Waals surface area (Å²) in [5.41, 5.74) is 2.94. The molecule has 0 amide bonds. The first kappa shape index (κ1) is 12.7. The van der Waals surface area contributed by atoms with Crippen molar-refractivity contribution in [2.75, 3.05) is 20.7 Å². The summed E-state index contributed by atoms with van der Waals surface area (Å²) in [6, 6.07) is 8.52. The first-order chi connectivity index (χ1) is 9.80. The van der Waals surface area contributed by atoms with E-state index >= 15 is 0 Å². The van der Waals surface area contributed by atoms with Gasteiger partial charge in [-0.3, -0.25) is 4.90 Å². The maximum atomic E-state index is 5.40. The summed E-state index contributed by atoms with van der Waals surface area (Å²) < 4.78 is 5.40. The van der Waals surface area contributed by atoms with Gasteiger partial charge in [-0.25, -0.2) is 0 Å². The van der Waals surface area contributed by atoms with Crippen molar-refractivity contribution in [3.05, 3.63) is 29.3 Å². The summed E-state index contributed by atoms with van der Waals surface area (Å²) in [5, 5.41) is 3.56. The fraction of sp³-hybridized carbons (Fsp3) is 0.647. The van der Waals surface area contributed by atoms with Gasteiger partial charge in [0.05, 0.1) is 7.11 Å². The van der Waals surface area contributed by atoms with E-state index in [0.29, 0.717) is 12.1 Å². The minimum absolute atomic E-state index is 0.458. The van der Waals surface area contributed by atoms with Gasteiger partial charge in [0.15, 0.2) is 0 Å². The molecule has 3 aliphatic rings. The predicted octanol–water partition coefficient (Wildman–Crippen LogP) is 2.36. The molecule has 3 heteroatoms. The Balaban J connectivity index is 1.63. The number of methoxy groups -OCH3 is 1. The van der Waals surface area contributed by atoms with E-state index in [1.807, 2.05) is 0 Å². The highest BCUT2D eigenvalue weighted by atomic mass is 16.5. The van der Waals surface area contributed by atoms with Crippen LogP contribution in [-0.4, -0.2) is 37.7 Å². The molecule has 0 aromatic heterocycles. The average molecular weight is 272 g/mol. The Bertz CT molecular complexity index is 516. The van der Waals surface area contributed by atoms with E-state index in [9.17, 15) is 0 Å². The standard InChI is InChI=1S/C17H24N2O/c1-18-17-15-9-14(20-2)6-4-12(15)8-16(17)19-10-11-3-5-13(19)7-11/h4,6,9,11,13,16-18H,3,5,7-8,10H2,1-2H3. The lowest BCUT2D eigenvalue weighted by Crippen LogP contribution is -2.46. The Morgan fingerprint density at radius 1 is 1.30 bits per heavy atom. The zero-order chi connectivity index (χ0) is 13.7. The molecule has 1 aromatic rings. The van der Waals surface area contributed by atoms with Crippen LogP contribution in [0.15, 0.2) is 18.2 Å². The molecule has 1 saturated carbocycles. The SMILES string of the molecule is CNC1c2cc(OC)ccc2CC1N1CC2CCC1C2. The fourth-order valence-corrected chi connectivity index (χ4v) is 4.75. The van der Waals surface area contributed by atoms with Gasteiger partial charge in [-0.05, 0) is 61.9 Å². The third-order valence-electron chi connectivity index (χ3n) is 5.69. The minimum Gasteiger partial charge on any atom is -0.497 e. The molecule has 1 aromatic carbocycles. The first-order valence-electron chi connectivity index (χ1n) is 7.90. The number of nitrogens with one attached hydrogen (secondary N) is 1. The van der Waals surface area contributed by atoms with Crippen LogP contribution in [0.3, 0.4) is 0 Å². The van der Waals surface area contributed by atoms with Crippen molar-refractivity contribution in [1.82, 2.24) is 10.2 Å². The molecule has 4 rings (SSSR count). The summed E-state index contributed by atoms with van der Waals surface area (Å²) in [6.07, 6.45) is 5.50. The van der Waals surface area contributed by atoms with Gasteiger partial charge < -0.3 is 10.1 Å². The number of nitrogens with zero attached hydrogens (tertiary/aromatic N) is 1. The minimum atomic E-state index is 0.458. The Morgan fingerprint density at radius 2 is 2.20 bits per heavy atom. The van der Waals surface area contributed by atoms with Crippen LogP contribution in [0.5, 0.6) is 5.75 Å². The number of hydrogen-bond donors (Lipinski definition) is 1. The monoisotopic (exact) mass is 272 g/mol. The van der Waals surface area contributed by atoms with Crippen molar-refractivity contribution in [2.45, 2.75) is 43.8 Å². The molecule has 2 aliphatic carbocycles. The van der Waals surface area contributed by atoms with Gasteiger partial charge in [0.2, 0.25) is 0 Å². The first-order valence-corrected chi connectivity index (χ1v) is 7.90. The van der Waals surface area contributed by atoms with Crippen LogP contribution >= 0.6 is 0 Å². The molecule has 1 saturated heterocycles. The van der Waals surface area contributed by atoms with Crippen LogP contribution in [0.1, 0.15) is 36.4 Å². The Labute approximate surface area is 121 Å². The van der Waals surface area contributed by atoms with Crippen LogP contribution in [-0.2, 0) is 6.42 Å². The lowest BCUT2D eigenvalue weighted by atomic mass is 10.0. The van der Waals surface area contributed by atoms with Crippen molar-refractivity contribution in [1.29, 1.82) is 0 Å². The largest absolute Gasteiger partial charge is 0.497 e. The predicted molar refractivity (Wildman–Crippen MR) is 80.1 cm³/mol. The second kappa shape index (κ2) is 4.74. The molecule has 4 atom stereocenters. The molecule has 2 bridgehead atoms. The zero-order valence-corrected chi connectivity index (χ0v) is 12.4. The molecule has 2 fully saturated rings. The van der Waals surface area contributed by atoms with Gasteiger partial charge in [-0.1, -0.05) is 6.07 Å². The van der Waals surface area contributed by atoms with Crippen LogP contribution in [0.2, 0.25) is 0 Å². The number of likely N-dealkylation sites (tertiary alicyclic amines) is 1. The summed E-state index contributed by atoms with van der Waals surface area (Å²) in [6.45, 7) is 1.32. The van der Waals surface area contributed by atoms with E-state index in [-0.39, 0.29) is 0 Å². The topological polar surface area (TPSA) is 24.5 Å². The molecule has 20 heavy (non-hydrogen) atoms. The Kier molecular flexibility index (Phi) is 3.00. The number of benzene rings is 1. The molecular formula is C17H24N2O. The van der Waals surface area contributed by atoms with Crippen molar-refractivity contribution >= 4 is 0 Å². The lowest BCUT2D eigenvalue weighted by Gasteiger charge is -2.36. The summed E-state index contributed by atoms with van der Waals surface area (Å²) in [4.78, 5) is 2.79. The van der Waals surface area contributed by atoms with Crippen molar-refractivity contribution in [3.63, 3.8) is 0 Å². The lowest BCUT2D eigenvalue weighted by molar-refractivity contribution is 0.128. The average Bonchev–Trinajstić information content (AvgIpc) is 3.18. The number of hydrogen-bond acceptors (Lipinski definition) is 3. The quantitative estimate of drug-likeness (QED) is 0.914. The molecule has 3 nitrogen and oxygen atoms in total. The fourth-order valence-electron chi connectivity index (χ4n) is 4.75. The third-order valence-corrected chi connectivity index (χ3v) is 5.69. The zero-order valence-electron chi connectivity index (χ0n) is 12.4. The second-order valence-corrected chi connectivity index (χ2v) is 6.63. The summed E-state index contributed by atoms with van der Waals surface area (Å²) in [5.74, 6) is 1.95. The van der Waals surface area contributed by atoms with Crippen molar-refractivity contribution in [2.24, 2.45) is 5.92 Å². The molecule has 0 spiro atoms. The van der Waals surface area contributed by atoms with Gasteiger partial charge >= 0.3 is 0 Å². The van der Waals surface area contributed by atoms with E-state index in [4.69, 9.17) is 4.74 Å². The number of piperidine rings is 1. The number of fused-ring (bicyclic) bond motifs is 3. The van der Waals surface area contributed by atoms with E-state index in [0.717, 1.165) is 17.7 Å². The maximum Gasteiger partial charge on any atom is 0.119 e. The smallest absolute Gasteiger partial charge is 0.119 e. The molecule has 0 radical (unpaired) electrons. The van der Waals surface area contributed by atoms with Gasteiger partial charge in [0, 0.05) is 24.7 Å². The van der Waals surface area contributed by atoms with Crippen molar-refractivity contribution in [3.8, 4) is 5.75 Å². The number of ether oxygens (including phenoxy) is 1. The molecule has 1 heterocycles. The normalized spacial score (nSPS) is 35.5. The third kappa shape index (κ3) is 1.80. The van der Waals surface area contributed by atoms with Crippen LogP contribution in [0.4, 0.5) is 0 Å². The highest BCUT2D eigenvalue weighted by Gasteiger charge is 2.45. The molecular weight excluding hydrogens is 248 g/mol. The molecule has 4 unspecified atom stereocenters. The van der Waals surface area contributed by atoms with Gasteiger partial charge in [0.25, 0.3) is 0 Å². The van der Waals surface area contributed by atoms with E-state index in [1.165, 1.54) is 43.4 Å².